The van der Waals surface area contributed by atoms with Crippen LogP contribution in [0.1, 0.15) is 22.7 Å². The summed E-state index contributed by atoms with van der Waals surface area (Å²) in [4.78, 5) is 0. The molecular weight excluding hydrogens is 355 g/mol. The van der Waals surface area contributed by atoms with Gasteiger partial charge in [0.2, 0.25) is 0 Å². The molecule has 2 aromatic rings. The zero-order valence-electron chi connectivity index (χ0n) is 10.1. The van der Waals surface area contributed by atoms with E-state index in [2.05, 4.69) is 15.9 Å². The van der Waals surface area contributed by atoms with Gasteiger partial charge in [-0.2, -0.15) is 13.2 Å². The maximum atomic E-state index is 13.1. The molecule has 0 aliphatic heterocycles. The average molecular weight is 365 g/mol. The molecule has 2 rings (SSSR count). The Balaban J connectivity index is 2.52. The summed E-state index contributed by atoms with van der Waals surface area (Å²) < 4.78 is 39.6. The van der Waals surface area contributed by atoms with Gasteiger partial charge in [-0.15, -0.1) is 0 Å². The van der Waals surface area contributed by atoms with Crippen molar-refractivity contribution in [2.75, 3.05) is 0 Å². The second kappa shape index (κ2) is 5.76. The minimum atomic E-state index is -4.46. The second-order valence-electron chi connectivity index (χ2n) is 4.26. The lowest BCUT2D eigenvalue weighted by Gasteiger charge is -2.19. The van der Waals surface area contributed by atoms with Crippen LogP contribution in [0.15, 0.2) is 46.9 Å². The Hall–Kier alpha value is -1.04. The SMILES string of the molecule is NC(c1cccc(Cl)c1)c1ccc(Br)cc1C(F)(F)F. The zero-order valence-corrected chi connectivity index (χ0v) is 12.4. The van der Waals surface area contributed by atoms with Crippen molar-refractivity contribution < 1.29 is 13.2 Å². The van der Waals surface area contributed by atoms with Crippen molar-refractivity contribution in [3.8, 4) is 0 Å². The predicted molar refractivity (Wildman–Crippen MR) is 76.6 cm³/mol. The van der Waals surface area contributed by atoms with Crippen molar-refractivity contribution in [3.63, 3.8) is 0 Å². The van der Waals surface area contributed by atoms with Crippen LogP contribution in [0.2, 0.25) is 5.02 Å². The maximum absolute atomic E-state index is 13.1. The van der Waals surface area contributed by atoms with E-state index in [9.17, 15) is 13.2 Å². The molecule has 0 heterocycles. The summed E-state index contributed by atoms with van der Waals surface area (Å²) in [6.07, 6.45) is -4.46. The fourth-order valence-electron chi connectivity index (χ4n) is 1.92. The third-order valence-corrected chi connectivity index (χ3v) is 3.59. The number of nitrogens with two attached hydrogens (primary N) is 1. The number of hydrogen-bond donors (Lipinski definition) is 1. The largest absolute Gasteiger partial charge is 0.416 e. The van der Waals surface area contributed by atoms with E-state index in [1.54, 1.807) is 24.3 Å². The van der Waals surface area contributed by atoms with Crippen molar-refractivity contribution in [1.29, 1.82) is 0 Å². The summed E-state index contributed by atoms with van der Waals surface area (Å²) in [5, 5.41) is 0.434. The molecule has 0 aliphatic rings. The van der Waals surface area contributed by atoms with Gasteiger partial charge in [0.1, 0.15) is 0 Å². The minimum absolute atomic E-state index is 0.0166. The van der Waals surface area contributed by atoms with Gasteiger partial charge in [-0.3, -0.25) is 0 Å². The van der Waals surface area contributed by atoms with E-state index in [1.165, 1.54) is 12.1 Å². The van der Waals surface area contributed by atoms with Crippen LogP contribution in [0.5, 0.6) is 0 Å². The van der Waals surface area contributed by atoms with Gasteiger partial charge in [0.15, 0.2) is 0 Å². The highest BCUT2D eigenvalue weighted by Gasteiger charge is 2.35. The highest BCUT2D eigenvalue weighted by atomic mass is 79.9. The lowest BCUT2D eigenvalue weighted by atomic mass is 9.95. The zero-order chi connectivity index (χ0) is 14.9. The van der Waals surface area contributed by atoms with E-state index in [1.807, 2.05) is 0 Å². The predicted octanol–water partition coefficient (Wildman–Crippen LogP) is 5.17. The molecule has 0 fully saturated rings. The standard InChI is InChI=1S/C14H10BrClF3N/c15-9-4-5-11(12(7-9)14(17,18)19)13(20)8-2-1-3-10(16)6-8/h1-7,13H,20H2. The molecule has 2 aromatic carbocycles. The van der Waals surface area contributed by atoms with Crippen molar-refractivity contribution in [2.45, 2.75) is 12.2 Å². The van der Waals surface area contributed by atoms with E-state index < -0.39 is 17.8 Å². The van der Waals surface area contributed by atoms with Crippen molar-refractivity contribution in [3.05, 3.63) is 68.7 Å². The molecule has 1 atom stereocenters. The van der Waals surface area contributed by atoms with Crippen LogP contribution in [-0.4, -0.2) is 0 Å². The summed E-state index contributed by atoms with van der Waals surface area (Å²) in [5.41, 5.74) is 5.76. The first-order chi connectivity index (χ1) is 9.29. The molecule has 2 N–H and O–H groups in total. The third-order valence-electron chi connectivity index (χ3n) is 2.86. The fourth-order valence-corrected chi connectivity index (χ4v) is 2.48. The van der Waals surface area contributed by atoms with Crippen LogP contribution in [0.25, 0.3) is 0 Å². The van der Waals surface area contributed by atoms with Gasteiger partial charge in [-0.25, -0.2) is 0 Å². The van der Waals surface area contributed by atoms with Crippen LogP contribution in [0, 0.1) is 0 Å². The van der Waals surface area contributed by atoms with Crippen LogP contribution >= 0.6 is 27.5 Å². The van der Waals surface area contributed by atoms with E-state index in [0.29, 0.717) is 15.1 Å². The van der Waals surface area contributed by atoms with E-state index in [-0.39, 0.29) is 5.56 Å². The smallest absolute Gasteiger partial charge is 0.320 e. The molecule has 0 aliphatic carbocycles. The number of hydrogen-bond acceptors (Lipinski definition) is 1. The summed E-state index contributed by atoms with van der Waals surface area (Å²) in [7, 11) is 0. The van der Waals surface area contributed by atoms with Crippen LogP contribution in [-0.2, 0) is 6.18 Å². The van der Waals surface area contributed by atoms with Crippen LogP contribution in [0.3, 0.4) is 0 Å². The maximum Gasteiger partial charge on any atom is 0.416 e. The lowest BCUT2D eigenvalue weighted by Crippen LogP contribution is -2.18. The Bertz CT molecular complexity index is 628. The number of halogens is 5. The second-order valence-corrected chi connectivity index (χ2v) is 5.61. The summed E-state index contributed by atoms with van der Waals surface area (Å²) >= 11 is 8.89. The van der Waals surface area contributed by atoms with Gasteiger partial charge in [0, 0.05) is 9.50 Å². The molecule has 0 aromatic heterocycles. The number of rotatable bonds is 2. The van der Waals surface area contributed by atoms with Crippen molar-refractivity contribution in [2.24, 2.45) is 5.73 Å². The summed E-state index contributed by atoms with van der Waals surface area (Å²) in [5.74, 6) is 0. The van der Waals surface area contributed by atoms with E-state index in [4.69, 9.17) is 17.3 Å². The van der Waals surface area contributed by atoms with Gasteiger partial charge in [0.25, 0.3) is 0 Å². The Morgan fingerprint density at radius 3 is 2.40 bits per heavy atom. The molecule has 0 saturated heterocycles. The monoisotopic (exact) mass is 363 g/mol. The first-order valence-corrected chi connectivity index (χ1v) is 6.84. The molecule has 0 bridgehead atoms. The lowest BCUT2D eigenvalue weighted by molar-refractivity contribution is -0.138. The van der Waals surface area contributed by atoms with Crippen LogP contribution < -0.4 is 5.73 Å². The van der Waals surface area contributed by atoms with Gasteiger partial charge in [0.05, 0.1) is 11.6 Å². The molecule has 0 spiro atoms. The highest BCUT2D eigenvalue weighted by molar-refractivity contribution is 9.10. The highest BCUT2D eigenvalue weighted by Crippen LogP contribution is 2.37. The molecule has 106 valence electrons. The van der Waals surface area contributed by atoms with E-state index in [0.717, 1.165) is 6.07 Å². The first kappa shape index (κ1) is 15.4. The molecule has 6 heteroatoms. The van der Waals surface area contributed by atoms with Gasteiger partial charge < -0.3 is 5.73 Å². The van der Waals surface area contributed by atoms with Crippen molar-refractivity contribution >= 4 is 27.5 Å². The third kappa shape index (κ3) is 3.34. The van der Waals surface area contributed by atoms with Gasteiger partial charge in [-0.1, -0.05) is 45.7 Å². The molecule has 0 amide bonds. The normalized spacial score (nSPS) is 13.3. The summed E-state index contributed by atoms with van der Waals surface area (Å²) in [6.45, 7) is 0. The Labute approximate surface area is 127 Å². The number of alkyl halides is 3. The Kier molecular flexibility index (Phi) is 4.42. The van der Waals surface area contributed by atoms with Gasteiger partial charge >= 0.3 is 6.18 Å². The molecule has 1 unspecified atom stereocenters. The topological polar surface area (TPSA) is 26.0 Å². The molecule has 20 heavy (non-hydrogen) atoms. The first-order valence-electron chi connectivity index (χ1n) is 5.66. The molecular formula is C14H10BrClF3N. The Morgan fingerprint density at radius 2 is 1.80 bits per heavy atom. The van der Waals surface area contributed by atoms with Gasteiger partial charge in [-0.05, 0) is 35.4 Å². The molecule has 1 nitrogen and oxygen atoms in total. The fraction of sp³-hybridized carbons (Fsp3) is 0.143. The molecule has 0 radical (unpaired) electrons. The molecule has 0 saturated carbocycles. The van der Waals surface area contributed by atoms with Crippen LogP contribution in [0.4, 0.5) is 13.2 Å². The minimum Gasteiger partial charge on any atom is -0.320 e. The van der Waals surface area contributed by atoms with Crippen molar-refractivity contribution in [1.82, 2.24) is 0 Å². The quantitative estimate of drug-likeness (QED) is 0.782. The number of benzene rings is 2. The van der Waals surface area contributed by atoms with E-state index >= 15 is 0 Å². The average Bonchev–Trinajstić information content (AvgIpc) is 2.37. The summed E-state index contributed by atoms with van der Waals surface area (Å²) in [6, 6.07) is 9.56. The Morgan fingerprint density at radius 1 is 1.10 bits per heavy atom.